The summed E-state index contributed by atoms with van der Waals surface area (Å²) in [5.74, 6) is -0.656. The Morgan fingerprint density at radius 2 is 2.38 bits per heavy atom. The Balaban J connectivity index is 2.52. The Bertz CT molecular complexity index is 560. The number of carboxylic acids is 1. The summed E-state index contributed by atoms with van der Waals surface area (Å²) in [5, 5.41) is 8.57. The number of aromatic amines is 1. The Hall–Kier alpha value is -1.81. The van der Waals surface area contributed by atoms with Crippen LogP contribution in [-0.4, -0.2) is 21.0 Å². The van der Waals surface area contributed by atoms with E-state index in [0.29, 0.717) is 5.88 Å². The molecule has 2 N–H and O–H groups in total. The fourth-order valence-corrected chi connectivity index (χ4v) is 1.71. The zero-order chi connectivity index (χ0) is 11.5. The quantitative estimate of drug-likeness (QED) is 0.635. The van der Waals surface area contributed by atoms with Crippen LogP contribution in [0.5, 0.6) is 0 Å². The fraction of sp³-hybridized carbons (Fsp3) is 0.0909. The smallest absolute Gasteiger partial charge is 0.328 e. The van der Waals surface area contributed by atoms with Crippen LogP contribution >= 0.6 is 11.6 Å². The van der Waals surface area contributed by atoms with Gasteiger partial charge in [-0.1, -0.05) is 0 Å². The number of imidazole rings is 1. The van der Waals surface area contributed by atoms with E-state index in [1.54, 1.807) is 6.33 Å². The fourth-order valence-electron chi connectivity index (χ4n) is 1.47. The molecule has 4 nitrogen and oxygen atoms in total. The van der Waals surface area contributed by atoms with Gasteiger partial charge in [0, 0.05) is 12.0 Å². The van der Waals surface area contributed by atoms with Crippen LogP contribution in [0.15, 0.2) is 24.5 Å². The third kappa shape index (κ3) is 2.06. The molecule has 0 bridgehead atoms. The average molecular weight is 237 g/mol. The lowest BCUT2D eigenvalue weighted by Crippen LogP contribution is -1.89. The molecule has 16 heavy (non-hydrogen) atoms. The summed E-state index contributed by atoms with van der Waals surface area (Å²) in [6, 6.07) is 3.68. The number of halogens is 1. The molecule has 0 radical (unpaired) electrons. The Labute approximate surface area is 96.6 Å². The van der Waals surface area contributed by atoms with Crippen LogP contribution in [-0.2, 0) is 10.7 Å². The molecule has 2 rings (SSSR count). The Morgan fingerprint density at radius 3 is 3.06 bits per heavy atom. The van der Waals surface area contributed by atoms with Gasteiger partial charge in [0.05, 0.1) is 17.4 Å². The van der Waals surface area contributed by atoms with Crippen LogP contribution in [0, 0.1) is 0 Å². The van der Waals surface area contributed by atoms with Crippen LogP contribution < -0.4 is 0 Å². The lowest BCUT2D eigenvalue weighted by Gasteiger charge is -2.01. The zero-order valence-electron chi connectivity index (χ0n) is 8.27. The second kappa shape index (κ2) is 4.37. The van der Waals surface area contributed by atoms with Gasteiger partial charge in [0.1, 0.15) is 0 Å². The van der Waals surface area contributed by atoms with Gasteiger partial charge in [0.25, 0.3) is 0 Å². The minimum Gasteiger partial charge on any atom is -0.478 e. The van der Waals surface area contributed by atoms with Crippen molar-refractivity contribution < 1.29 is 9.90 Å². The minimum absolute atomic E-state index is 0.328. The molecular formula is C11H9ClN2O2. The van der Waals surface area contributed by atoms with E-state index in [1.807, 2.05) is 12.1 Å². The van der Waals surface area contributed by atoms with Crippen molar-refractivity contribution in [2.75, 3.05) is 0 Å². The molecular weight excluding hydrogens is 228 g/mol. The van der Waals surface area contributed by atoms with Gasteiger partial charge in [-0.05, 0) is 29.3 Å². The number of aromatic nitrogens is 2. The molecule has 0 aliphatic heterocycles. The van der Waals surface area contributed by atoms with E-state index in [2.05, 4.69) is 9.97 Å². The van der Waals surface area contributed by atoms with Crippen molar-refractivity contribution >= 4 is 34.7 Å². The number of nitrogens with zero attached hydrogens (tertiary/aromatic N) is 1. The number of rotatable bonds is 3. The number of hydrogen-bond donors (Lipinski definition) is 2. The molecule has 1 heterocycles. The molecule has 0 unspecified atom stereocenters. The summed E-state index contributed by atoms with van der Waals surface area (Å²) < 4.78 is 0. The van der Waals surface area contributed by atoms with Gasteiger partial charge in [-0.15, -0.1) is 11.6 Å². The summed E-state index contributed by atoms with van der Waals surface area (Å²) >= 11 is 5.80. The van der Waals surface area contributed by atoms with E-state index in [0.717, 1.165) is 28.2 Å². The van der Waals surface area contributed by atoms with Crippen molar-refractivity contribution in [2.24, 2.45) is 0 Å². The van der Waals surface area contributed by atoms with Crippen LogP contribution in [0.4, 0.5) is 0 Å². The second-order valence-corrected chi connectivity index (χ2v) is 3.54. The number of benzene rings is 1. The van der Waals surface area contributed by atoms with E-state index < -0.39 is 5.97 Å². The maximum Gasteiger partial charge on any atom is 0.328 e. The van der Waals surface area contributed by atoms with Crippen LogP contribution in [0.25, 0.3) is 17.1 Å². The van der Waals surface area contributed by atoms with Gasteiger partial charge in [0.15, 0.2) is 0 Å². The average Bonchev–Trinajstić information content (AvgIpc) is 2.71. The molecule has 0 spiro atoms. The molecule has 0 fully saturated rings. The molecule has 0 atom stereocenters. The standard InChI is InChI=1S/C11H9ClN2O2/c12-5-8-4-10-9(13-6-14-10)3-7(8)1-2-11(15)16/h1-4,6H,5H2,(H,13,14)(H,15,16)/b2-1+. The first kappa shape index (κ1) is 10.7. The number of H-pyrrole nitrogens is 1. The highest BCUT2D eigenvalue weighted by molar-refractivity contribution is 6.17. The number of hydrogen-bond acceptors (Lipinski definition) is 2. The van der Waals surface area contributed by atoms with E-state index >= 15 is 0 Å². The van der Waals surface area contributed by atoms with E-state index in [4.69, 9.17) is 16.7 Å². The van der Waals surface area contributed by atoms with Gasteiger partial charge < -0.3 is 10.1 Å². The third-order valence-electron chi connectivity index (χ3n) is 2.23. The second-order valence-electron chi connectivity index (χ2n) is 3.28. The van der Waals surface area contributed by atoms with Gasteiger partial charge in [-0.3, -0.25) is 0 Å². The predicted octanol–water partition coefficient (Wildman–Crippen LogP) is 2.40. The maximum atomic E-state index is 10.4. The predicted molar refractivity (Wildman–Crippen MR) is 62.3 cm³/mol. The molecule has 5 heteroatoms. The van der Waals surface area contributed by atoms with Crippen LogP contribution in [0.3, 0.4) is 0 Å². The molecule has 2 aromatic rings. The monoisotopic (exact) mass is 236 g/mol. The first-order chi connectivity index (χ1) is 7.70. The van der Waals surface area contributed by atoms with Crippen LogP contribution in [0.1, 0.15) is 11.1 Å². The Kier molecular flexibility index (Phi) is 2.92. The third-order valence-corrected chi connectivity index (χ3v) is 2.52. The summed E-state index contributed by atoms with van der Waals surface area (Å²) in [5.41, 5.74) is 3.33. The summed E-state index contributed by atoms with van der Waals surface area (Å²) in [6.07, 6.45) is 4.20. The molecule has 0 saturated heterocycles. The van der Waals surface area contributed by atoms with Gasteiger partial charge in [0.2, 0.25) is 0 Å². The number of aliphatic carboxylic acids is 1. The van der Waals surface area contributed by atoms with Crippen molar-refractivity contribution in [3.05, 3.63) is 35.7 Å². The lowest BCUT2D eigenvalue weighted by atomic mass is 10.1. The molecule has 0 saturated carbocycles. The number of carboxylic acid groups (broad SMARTS) is 1. The van der Waals surface area contributed by atoms with Gasteiger partial charge in [-0.2, -0.15) is 0 Å². The highest BCUT2D eigenvalue weighted by atomic mass is 35.5. The van der Waals surface area contributed by atoms with Gasteiger partial charge >= 0.3 is 5.97 Å². The van der Waals surface area contributed by atoms with Gasteiger partial charge in [-0.25, -0.2) is 9.78 Å². The first-order valence-electron chi connectivity index (χ1n) is 4.63. The minimum atomic E-state index is -0.984. The lowest BCUT2D eigenvalue weighted by molar-refractivity contribution is -0.131. The normalized spacial score (nSPS) is 11.3. The molecule has 1 aromatic heterocycles. The first-order valence-corrected chi connectivity index (χ1v) is 5.17. The van der Waals surface area contributed by atoms with Crippen molar-refractivity contribution in [2.45, 2.75) is 5.88 Å². The highest BCUT2D eigenvalue weighted by Crippen LogP contribution is 2.20. The van der Waals surface area contributed by atoms with Crippen molar-refractivity contribution in [1.82, 2.24) is 9.97 Å². The number of carbonyl (C=O) groups is 1. The molecule has 0 aliphatic rings. The number of fused-ring (bicyclic) bond motifs is 1. The largest absolute Gasteiger partial charge is 0.478 e. The SMILES string of the molecule is O=C(O)/C=C/c1cc2nc[nH]c2cc1CCl. The topological polar surface area (TPSA) is 66.0 Å². The summed E-state index contributed by atoms with van der Waals surface area (Å²) in [6.45, 7) is 0. The van der Waals surface area contributed by atoms with E-state index in [-0.39, 0.29) is 0 Å². The molecule has 0 amide bonds. The van der Waals surface area contributed by atoms with E-state index in [9.17, 15) is 4.79 Å². The Morgan fingerprint density at radius 1 is 1.56 bits per heavy atom. The molecule has 82 valence electrons. The van der Waals surface area contributed by atoms with Crippen molar-refractivity contribution in [3.8, 4) is 0 Å². The number of alkyl halides is 1. The molecule has 0 aliphatic carbocycles. The maximum absolute atomic E-state index is 10.4. The van der Waals surface area contributed by atoms with Crippen molar-refractivity contribution in [3.63, 3.8) is 0 Å². The zero-order valence-corrected chi connectivity index (χ0v) is 9.03. The van der Waals surface area contributed by atoms with Crippen LogP contribution in [0.2, 0.25) is 0 Å². The summed E-state index contributed by atoms with van der Waals surface area (Å²) in [7, 11) is 0. The van der Waals surface area contributed by atoms with Crippen molar-refractivity contribution in [1.29, 1.82) is 0 Å². The highest BCUT2D eigenvalue weighted by Gasteiger charge is 2.04. The number of nitrogens with one attached hydrogen (secondary N) is 1. The van der Waals surface area contributed by atoms with E-state index in [1.165, 1.54) is 6.08 Å². The molecule has 1 aromatic carbocycles. The summed E-state index contributed by atoms with van der Waals surface area (Å²) in [4.78, 5) is 17.5.